The summed E-state index contributed by atoms with van der Waals surface area (Å²) in [7, 11) is 3.49. The van der Waals surface area contributed by atoms with Crippen molar-refractivity contribution in [1.82, 2.24) is 9.47 Å². The van der Waals surface area contributed by atoms with Crippen LogP contribution in [0.15, 0.2) is 41.8 Å². The molecule has 0 aliphatic carbocycles. The van der Waals surface area contributed by atoms with Gasteiger partial charge >= 0.3 is 0 Å². The highest BCUT2D eigenvalue weighted by Crippen LogP contribution is 2.43. The van der Waals surface area contributed by atoms with Crippen molar-refractivity contribution in [3.63, 3.8) is 0 Å². The molecule has 1 atom stereocenters. The number of aryl methyl sites for hydroxylation is 1. The standard InChI is InChI=1S/C21H26N2O4/c1-21(2,3)19(25)16-17(23(10-11-27-5)20(26)18(16)24)14-12-22(4)15-9-7-6-8-13(14)15/h6-9,12,17,24H,10-11H2,1-5H3. The number of nitrogens with zero attached hydrogens (tertiary/aromatic N) is 2. The summed E-state index contributed by atoms with van der Waals surface area (Å²) >= 11 is 0. The van der Waals surface area contributed by atoms with Gasteiger partial charge in [0.2, 0.25) is 0 Å². The highest BCUT2D eigenvalue weighted by molar-refractivity contribution is 6.11. The van der Waals surface area contributed by atoms with Crippen LogP contribution < -0.4 is 0 Å². The molecule has 27 heavy (non-hydrogen) atoms. The summed E-state index contributed by atoms with van der Waals surface area (Å²) in [4.78, 5) is 27.4. The smallest absolute Gasteiger partial charge is 0.290 e. The fraction of sp³-hybridized carbons (Fsp3) is 0.429. The van der Waals surface area contributed by atoms with Crippen molar-refractivity contribution in [2.75, 3.05) is 20.3 Å². The molecule has 3 rings (SSSR count). The normalized spacial score (nSPS) is 18.0. The van der Waals surface area contributed by atoms with Crippen molar-refractivity contribution in [2.24, 2.45) is 12.5 Å². The maximum Gasteiger partial charge on any atom is 0.290 e. The van der Waals surface area contributed by atoms with Crippen molar-refractivity contribution in [2.45, 2.75) is 26.8 Å². The number of carbonyl (C=O) groups is 2. The first-order valence-corrected chi connectivity index (χ1v) is 9.00. The van der Waals surface area contributed by atoms with E-state index in [9.17, 15) is 14.7 Å². The Morgan fingerprint density at radius 1 is 1.26 bits per heavy atom. The molecular formula is C21H26N2O4. The molecule has 0 saturated heterocycles. The van der Waals surface area contributed by atoms with Crippen LogP contribution in [0.4, 0.5) is 0 Å². The van der Waals surface area contributed by atoms with Crippen LogP contribution in [0.2, 0.25) is 0 Å². The van der Waals surface area contributed by atoms with Gasteiger partial charge in [0.15, 0.2) is 11.5 Å². The molecule has 1 aromatic carbocycles. The van der Waals surface area contributed by atoms with Gasteiger partial charge in [-0.15, -0.1) is 0 Å². The van der Waals surface area contributed by atoms with Crippen LogP contribution in [0.1, 0.15) is 32.4 Å². The van der Waals surface area contributed by atoms with E-state index < -0.39 is 23.1 Å². The SMILES string of the molecule is COCCN1C(=O)C(O)=C(C(=O)C(C)(C)C)C1c1cn(C)c2ccccc12. The van der Waals surface area contributed by atoms with Gasteiger partial charge in [-0.2, -0.15) is 0 Å². The maximum atomic E-state index is 13.1. The number of ether oxygens (including phenoxy) is 1. The minimum absolute atomic E-state index is 0.167. The number of aliphatic hydroxyl groups is 1. The second-order valence-electron chi connectivity index (χ2n) is 7.95. The van der Waals surface area contributed by atoms with E-state index in [1.165, 1.54) is 4.90 Å². The third kappa shape index (κ3) is 3.14. The number of amides is 1. The molecule has 6 heteroatoms. The first kappa shape index (κ1) is 19.2. The Morgan fingerprint density at radius 3 is 2.56 bits per heavy atom. The Bertz CT molecular complexity index is 933. The highest BCUT2D eigenvalue weighted by Gasteiger charge is 2.46. The van der Waals surface area contributed by atoms with Crippen LogP contribution >= 0.6 is 0 Å². The van der Waals surface area contributed by atoms with Gasteiger partial charge in [0, 0.05) is 48.8 Å². The van der Waals surface area contributed by atoms with Crippen LogP contribution in [0.25, 0.3) is 10.9 Å². The van der Waals surface area contributed by atoms with Crippen molar-refractivity contribution >= 4 is 22.6 Å². The molecule has 2 aromatic rings. The molecule has 1 amide bonds. The van der Waals surface area contributed by atoms with E-state index in [0.29, 0.717) is 6.61 Å². The molecule has 144 valence electrons. The number of Topliss-reactive ketones (excluding diaryl/α,β-unsaturated/α-hetero) is 1. The Kier molecular flexibility index (Phi) is 4.86. The fourth-order valence-corrected chi connectivity index (χ4v) is 3.62. The lowest BCUT2D eigenvalue weighted by Crippen LogP contribution is -2.35. The zero-order valence-corrected chi connectivity index (χ0v) is 16.4. The number of benzene rings is 1. The van der Waals surface area contributed by atoms with Crippen molar-refractivity contribution in [3.05, 3.63) is 47.4 Å². The molecule has 0 radical (unpaired) electrons. The first-order valence-electron chi connectivity index (χ1n) is 9.00. The molecule has 1 aromatic heterocycles. The third-order valence-electron chi connectivity index (χ3n) is 4.99. The van der Waals surface area contributed by atoms with Gasteiger partial charge in [0.05, 0.1) is 18.2 Å². The number of carbonyl (C=O) groups excluding carboxylic acids is 2. The molecule has 0 bridgehead atoms. The highest BCUT2D eigenvalue weighted by atomic mass is 16.5. The minimum Gasteiger partial charge on any atom is -0.503 e. The lowest BCUT2D eigenvalue weighted by molar-refractivity contribution is -0.130. The van der Waals surface area contributed by atoms with Crippen LogP contribution in [-0.2, 0) is 21.4 Å². The summed E-state index contributed by atoms with van der Waals surface area (Å²) in [5.74, 6) is -1.22. The number of aliphatic hydroxyl groups excluding tert-OH is 1. The molecule has 0 fully saturated rings. The number of fused-ring (bicyclic) bond motifs is 1. The Morgan fingerprint density at radius 2 is 1.93 bits per heavy atom. The molecule has 1 unspecified atom stereocenters. The van der Waals surface area contributed by atoms with E-state index in [1.807, 2.05) is 42.1 Å². The third-order valence-corrected chi connectivity index (χ3v) is 4.99. The fourth-order valence-electron chi connectivity index (χ4n) is 3.62. The quantitative estimate of drug-likeness (QED) is 0.878. The van der Waals surface area contributed by atoms with E-state index in [1.54, 1.807) is 27.9 Å². The second kappa shape index (κ2) is 6.85. The van der Waals surface area contributed by atoms with E-state index in [4.69, 9.17) is 4.74 Å². The second-order valence-corrected chi connectivity index (χ2v) is 7.95. The lowest BCUT2D eigenvalue weighted by atomic mass is 9.82. The van der Waals surface area contributed by atoms with E-state index in [0.717, 1.165) is 16.5 Å². The van der Waals surface area contributed by atoms with Gasteiger partial charge in [-0.25, -0.2) is 0 Å². The number of rotatable bonds is 5. The van der Waals surface area contributed by atoms with Crippen molar-refractivity contribution in [1.29, 1.82) is 0 Å². The Balaban J connectivity index is 2.22. The molecular weight excluding hydrogens is 344 g/mol. The van der Waals surface area contributed by atoms with Gasteiger partial charge in [-0.1, -0.05) is 39.0 Å². The van der Waals surface area contributed by atoms with E-state index in [2.05, 4.69) is 0 Å². The average molecular weight is 370 g/mol. The summed E-state index contributed by atoms with van der Waals surface area (Å²) in [6, 6.07) is 7.20. The van der Waals surface area contributed by atoms with Gasteiger partial charge in [0.25, 0.3) is 5.91 Å². The van der Waals surface area contributed by atoms with Gasteiger partial charge in [-0.05, 0) is 6.07 Å². The number of hydrogen-bond donors (Lipinski definition) is 1. The topological polar surface area (TPSA) is 71.8 Å². The zero-order valence-electron chi connectivity index (χ0n) is 16.4. The molecule has 2 heterocycles. The largest absolute Gasteiger partial charge is 0.503 e. The Hall–Kier alpha value is -2.60. The summed E-state index contributed by atoms with van der Waals surface area (Å²) in [6.07, 6.45) is 1.93. The Labute approximate surface area is 159 Å². The monoisotopic (exact) mass is 370 g/mol. The van der Waals surface area contributed by atoms with Crippen molar-refractivity contribution in [3.8, 4) is 0 Å². The van der Waals surface area contributed by atoms with Crippen LogP contribution in [-0.4, -0.2) is 46.5 Å². The number of ketones is 1. The zero-order chi connectivity index (χ0) is 19.9. The number of aromatic nitrogens is 1. The van der Waals surface area contributed by atoms with E-state index >= 15 is 0 Å². The molecule has 1 N–H and O–H groups in total. The summed E-state index contributed by atoms with van der Waals surface area (Å²) < 4.78 is 7.11. The predicted molar refractivity (Wildman–Crippen MR) is 103 cm³/mol. The van der Waals surface area contributed by atoms with Gasteiger partial charge < -0.3 is 19.3 Å². The summed E-state index contributed by atoms with van der Waals surface area (Å²) in [5, 5.41) is 11.5. The minimum atomic E-state index is -0.719. The van der Waals surface area contributed by atoms with Crippen molar-refractivity contribution < 1.29 is 19.4 Å². The predicted octanol–water partition coefficient (Wildman–Crippen LogP) is 3.14. The first-order chi connectivity index (χ1) is 12.7. The molecule has 1 aliphatic rings. The average Bonchev–Trinajstić information content (AvgIpc) is 3.07. The number of hydrogen-bond acceptors (Lipinski definition) is 4. The van der Waals surface area contributed by atoms with Gasteiger partial charge in [0.1, 0.15) is 0 Å². The maximum absolute atomic E-state index is 13.1. The summed E-state index contributed by atoms with van der Waals surface area (Å²) in [6.45, 7) is 5.97. The van der Waals surface area contributed by atoms with Crippen LogP contribution in [0, 0.1) is 5.41 Å². The summed E-state index contributed by atoms with van der Waals surface area (Å²) in [5.41, 5.74) is 1.28. The van der Waals surface area contributed by atoms with Crippen LogP contribution in [0.5, 0.6) is 0 Å². The number of methoxy groups -OCH3 is 1. The number of para-hydroxylation sites is 1. The van der Waals surface area contributed by atoms with Crippen LogP contribution in [0.3, 0.4) is 0 Å². The molecule has 0 saturated carbocycles. The molecule has 6 nitrogen and oxygen atoms in total. The van der Waals surface area contributed by atoms with Gasteiger partial charge in [-0.3, -0.25) is 9.59 Å². The molecule has 0 spiro atoms. The van der Waals surface area contributed by atoms with E-state index in [-0.39, 0.29) is 17.9 Å². The lowest BCUT2D eigenvalue weighted by Gasteiger charge is -2.28. The molecule has 1 aliphatic heterocycles.